The lowest BCUT2D eigenvalue weighted by Crippen LogP contribution is -2.23. The average Bonchev–Trinajstić information content (AvgIpc) is 2.56. The van der Waals surface area contributed by atoms with Crippen molar-refractivity contribution in [3.63, 3.8) is 0 Å². The predicted molar refractivity (Wildman–Crippen MR) is 85.4 cm³/mol. The van der Waals surface area contributed by atoms with E-state index < -0.39 is 17.9 Å². The largest absolute Gasteiger partial charge is 0.573 e. The lowest BCUT2D eigenvalue weighted by molar-refractivity contribution is -0.275. The van der Waals surface area contributed by atoms with Crippen LogP contribution in [0.25, 0.3) is 5.57 Å². The average molecular weight is 356 g/mol. The number of Topliss-reactive ketones (excluding diaryl/α,β-unsaturated/α-hetero) is 1. The molecule has 1 fully saturated rings. The molecule has 25 heavy (non-hydrogen) atoms. The van der Waals surface area contributed by atoms with Crippen LogP contribution >= 0.6 is 0 Å². The Bertz CT molecular complexity index is 668. The predicted octanol–water partition coefficient (Wildman–Crippen LogP) is 5.67. The molecule has 2 aliphatic carbocycles. The van der Waals surface area contributed by atoms with Crippen molar-refractivity contribution < 1.29 is 27.1 Å². The van der Waals surface area contributed by atoms with Gasteiger partial charge in [-0.3, -0.25) is 4.79 Å². The van der Waals surface area contributed by atoms with E-state index in [1.807, 2.05) is 0 Å². The van der Waals surface area contributed by atoms with Gasteiger partial charge in [-0.2, -0.15) is 0 Å². The third-order valence-corrected chi connectivity index (χ3v) is 5.23. The zero-order valence-electron chi connectivity index (χ0n) is 13.7. The minimum Gasteiger partial charge on any atom is -0.403 e. The summed E-state index contributed by atoms with van der Waals surface area (Å²) in [5.74, 6) is -0.370. The summed E-state index contributed by atoms with van der Waals surface area (Å²) < 4.78 is 54.1. The van der Waals surface area contributed by atoms with Crippen LogP contribution in [0.4, 0.5) is 17.6 Å². The van der Waals surface area contributed by atoms with E-state index in [1.54, 1.807) is 0 Å². The molecule has 1 aromatic carbocycles. The first-order valence-electron chi connectivity index (χ1n) is 8.58. The van der Waals surface area contributed by atoms with Gasteiger partial charge in [0, 0.05) is 12.8 Å². The molecule has 0 spiro atoms. The van der Waals surface area contributed by atoms with Gasteiger partial charge in [0.25, 0.3) is 0 Å². The van der Waals surface area contributed by atoms with Crippen molar-refractivity contribution in [3.8, 4) is 5.75 Å². The van der Waals surface area contributed by atoms with Crippen LogP contribution in [0.5, 0.6) is 5.75 Å². The van der Waals surface area contributed by atoms with Gasteiger partial charge in [0.1, 0.15) is 5.78 Å². The minimum atomic E-state index is -4.90. The smallest absolute Gasteiger partial charge is 0.403 e. The minimum absolute atomic E-state index is 0.347. The number of hydrogen-bond acceptors (Lipinski definition) is 2. The molecule has 1 unspecified atom stereocenters. The first-order chi connectivity index (χ1) is 11.8. The lowest BCUT2D eigenvalue weighted by Gasteiger charge is -2.32. The van der Waals surface area contributed by atoms with E-state index >= 15 is 0 Å². The molecule has 0 heterocycles. The second-order valence-corrected chi connectivity index (χ2v) is 6.83. The van der Waals surface area contributed by atoms with Gasteiger partial charge < -0.3 is 4.74 Å². The molecule has 1 atom stereocenters. The van der Waals surface area contributed by atoms with Gasteiger partial charge in [-0.1, -0.05) is 12.1 Å². The molecule has 1 saturated carbocycles. The Morgan fingerprint density at radius 3 is 2.24 bits per heavy atom. The maximum Gasteiger partial charge on any atom is 0.573 e. The summed E-state index contributed by atoms with van der Waals surface area (Å²) in [5, 5.41) is 0. The van der Waals surface area contributed by atoms with Crippen LogP contribution in [-0.4, -0.2) is 12.1 Å². The zero-order chi connectivity index (χ0) is 18.0. The quantitative estimate of drug-likeness (QED) is 0.653. The SMILES string of the molecule is O=C1CCC(C2CC=C(c3ccc(OC(F)(F)F)c(F)c3)CC2)CC1. The number of allylic oxidation sites excluding steroid dienone is 2. The Hall–Kier alpha value is -1.85. The number of benzene rings is 1. The van der Waals surface area contributed by atoms with Crippen LogP contribution in [0.2, 0.25) is 0 Å². The molecule has 0 amide bonds. The standard InChI is InChI=1S/C19H20F4O2/c20-17-11-15(7-10-18(17)25-19(21,22)23)14-3-1-12(2-4-14)13-5-8-16(24)9-6-13/h3,7,10-13H,1-2,4-6,8-9H2. The molecule has 136 valence electrons. The van der Waals surface area contributed by atoms with Gasteiger partial charge in [0.2, 0.25) is 0 Å². The highest BCUT2D eigenvalue weighted by molar-refractivity contribution is 5.79. The highest BCUT2D eigenvalue weighted by Gasteiger charge is 2.32. The van der Waals surface area contributed by atoms with Crippen molar-refractivity contribution >= 4 is 11.4 Å². The Morgan fingerprint density at radius 1 is 1.00 bits per heavy atom. The van der Waals surface area contributed by atoms with Gasteiger partial charge >= 0.3 is 6.36 Å². The van der Waals surface area contributed by atoms with Crippen LogP contribution in [-0.2, 0) is 4.79 Å². The van der Waals surface area contributed by atoms with E-state index in [0.29, 0.717) is 36.0 Å². The normalized spacial score (nSPS) is 22.6. The number of rotatable bonds is 3. The van der Waals surface area contributed by atoms with Crippen molar-refractivity contribution in [2.45, 2.75) is 51.3 Å². The fourth-order valence-electron chi connectivity index (χ4n) is 3.89. The van der Waals surface area contributed by atoms with E-state index in [9.17, 15) is 22.4 Å². The molecule has 2 nitrogen and oxygen atoms in total. The maximum absolute atomic E-state index is 13.9. The number of ketones is 1. The van der Waals surface area contributed by atoms with Crippen LogP contribution in [0.3, 0.4) is 0 Å². The second-order valence-electron chi connectivity index (χ2n) is 6.83. The van der Waals surface area contributed by atoms with Crippen molar-refractivity contribution in [2.24, 2.45) is 11.8 Å². The van der Waals surface area contributed by atoms with Crippen LogP contribution in [0.15, 0.2) is 24.3 Å². The second kappa shape index (κ2) is 7.18. The molecule has 0 aliphatic heterocycles. The Balaban J connectivity index is 1.65. The van der Waals surface area contributed by atoms with Gasteiger partial charge in [0.05, 0.1) is 0 Å². The number of halogens is 4. The monoisotopic (exact) mass is 356 g/mol. The van der Waals surface area contributed by atoms with Crippen molar-refractivity contribution in [1.29, 1.82) is 0 Å². The fraction of sp³-hybridized carbons (Fsp3) is 0.526. The number of carbonyl (C=O) groups excluding carboxylic acids is 1. The molecular weight excluding hydrogens is 336 g/mol. The third-order valence-electron chi connectivity index (χ3n) is 5.23. The number of carbonyl (C=O) groups is 1. The summed E-state index contributed by atoms with van der Waals surface area (Å²) in [7, 11) is 0. The summed E-state index contributed by atoms with van der Waals surface area (Å²) in [5.41, 5.74) is 1.56. The van der Waals surface area contributed by atoms with Crippen LogP contribution in [0, 0.1) is 17.7 Å². The highest BCUT2D eigenvalue weighted by atomic mass is 19.4. The van der Waals surface area contributed by atoms with E-state index in [4.69, 9.17) is 0 Å². The van der Waals surface area contributed by atoms with E-state index in [1.165, 1.54) is 6.07 Å². The molecule has 3 rings (SSSR count). The summed E-state index contributed by atoms with van der Waals surface area (Å²) in [6.45, 7) is 0. The molecule has 0 saturated heterocycles. The summed E-state index contributed by atoms with van der Waals surface area (Å²) in [4.78, 5) is 11.3. The maximum atomic E-state index is 13.9. The first-order valence-corrected chi connectivity index (χ1v) is 8.58. The van der Waals surface area contributed by atoms with E-state index in [-0.39, 0.29) is 0 Å². The molecule has 0 bridgehead atoms. The Labute approximate surface area is 143 Å². The lowest BCUT2D eigenvalue weighted by atomic mass is 9.73. The molecule has 0 aromatic heterocycles. The highest BCUT2D eigenvalue weighted by Crippen LogP contribution is 2.39. The Kier molecular flexibility index (Phi) is 5.16. The van der Waals surface area contributed by atoms with Crippen molar-refractivity contribution in [2.75, 3.05) is 0 Å². The third kappa shape index (κ3) is 4.61. The number of alkyl halides is 3. The van der Waals surface area contributed by atoms with E-state index in [0.717, 1.165) is 49.8 Å². The first kappa shape index (κ1) is 18.0. The fourth-order valence-corrected chi connectivity index (χ4v) is 3.89. The van der Waals surface area contributed by atoms with Gasteiger partial charge in [-0.15, -0.1) is 13.2 Å². The Morgan fingerprint density at radius 2 is 1.68 bits per heavy atom. The summed E-state index contributed by atoms with van der Waals surface area (Å²) >= 11 is 0. The summed E-state index contributed by atoms with van der Waals surface area (Å²) in [6.07, 6.45) is 3.01. The zero-order valence-corrected chi connectivity index (χ0v) is 13.7. The van der Waals surface area contributed by atoms with Gasteiger partial charge in [-0.25, -0.2) is 4.39 Å². The van der Waals surface area contributed by atoms with E-state index in [2.05, 4.69) is 10.8 Å². The molecular formula is C19H20F4O2. The molecule has 0 N–H and O–H groups in total. The van der Waals surface area contributed by atoms with Crippen molar-refractivity contribution in [3.05, 3.63) is 35.7 Å². The summed E-state index contributed by atoms with van der Waals surface area (Å²) in [6, 6.07) is 3.60. The number of ether oxygens (including phenoxy) is 1. The van der Waals surface area contributed by atoms with Crippen LogP contribution in [0.1, 0.15) is 50.5 Å². The molecule has 0 radical (unpaired) electrons. The van der Waals surface area contributed by atoms with Gasteiger partial charge in [0.15, 0.2) is 11.6 Å². The number of hydrogen-bond donors (Lipinski definition) is 0. The molecule has 2 aliphatic rings. The van der Waals surface area contributed by atoms with Gasteiger partial charge in [-0.05, 0) is 67.2 Å². The molecule has 1 aromatic rings. The van der Waals surface area contributed by atoms with Crippen LogP contribution < -0.4 is 4.74 Å². The topological polar surface area (TPSA) is 26.3 Å². The molecule has 6 heteroatoms. The van der Waals surface area contributed by atoms with Crippen molar-refractivity contribution in [1.82, 2.24) is 0 Å².